The molecule has 156 valence electrons. The first-order valence-electron chi connectivity index (χ1n) is 9.77. The number of hydrogen-bond donors (Lipinski definition) is 0. The van der Waals surface area contributed by atoms with E-state index in [1.807, 2.05) is 37.7 Å². The molecule has 0 unspecified atom stereocenters. The van der Waals surface area contributed by atoms with E-state index in [4.69, 9.17) is 11.6 Å². The number of fused-ring (bicyclic) bond motifs is 1. The van der Waals surface area contributed by atoms with Gasteiger partial charge in [-0.05, 0) is 26.8 Å². The van der Waals surface area contributed by atoms with Gasteiger partial charge >= 0.3 is 0 Å². The zero-order valence-electron chi connectivity index (χ0n) is 17.4. The van der Waals surface area contributed by atoms with Gasteiger partial charge in [0.05, 0.1) is 41.0 Å². The number of hydrogen-bond acceptors (Lipinski definition) is 5. The average molecular weight is 427 g/mol. The van der Waals surface area contributed by atoms with Crippen LogP contribution in [-0.2, 0) is 19.6 Å². The Morgan fingerprint density at radius 3 is 2.70 bits per heavy atom. The van der Waals surface area contributed by atoms with Gasteiger partial charge in [-0.15, -0.1) is 0 Å². The monoisotopic (exact) mass is 426 g/mol. The SMILES string of the molecule is CCn1cc(-c2ccnc3c(C(=O)N(C)Cc4c(Cl)cnn4CC)cnn23)c(C)n1. The zero-order valence-corrected chi connectivity index (χ0v) is 18.1. The van der Waals surface area contributed by atoms with E-state index in [0.717, 1.165) is 29.2 Å². The lowest BCUT2D eigenvalue weighted by Crippen LogP contribution is -2.27. The molecule has 4 rings (SSSR count). The van der Waals surface area contributed by atoms with Crippen molar-refractivity contribution in [2.24, 2.45) is 0 Å². The van der Waals surface area contributed by atoms with E-state index in [9.17, 15) is 4.79 Å². The maximum atomic E-state index is 13.2. The molecule has 4 heterocycles. The van der Waals surface area contributed by atoms with Crippen LogP contribution in [0.1, 0.15) is 35.6 Å². The van der Waals surface area contributed by atoms with Crippen molar-refractivity contribution in [2.75, 3.05) is 7.05 Å². The third-order valence-corrected chi connectivity index (χ3v) is 5.42. The number of carbonyl (C=O) groups excluding carboxylic acids is 1. The molecule has 0 saturated heterocycles. The first-order valence-corrected chi connectivity index (χ1v) is 10.1. The summed E-state index contributed by atoms with van der Waals surface area (Å²) in [6.07, 6.45) is 6.83. The molecule has 0 N–H and O–H groups in total. The van der Waals surface area contributed by atoms with Gasteiger partial charge in [0.2, 0.25) is 0 Å². The summed E-state index contributed by atoms with van der Waals surface area (Å²) in [4.78, 5) is 19.2. The van der Waals surface area contributed by atoms with E-state index in [1.54, 1.807) is 39.7 Å². The minimum atomic E-state index is -0.185. The summed E-state index contributed by atoms with van der Waals surface area (Å²) >= 11 is 6.25. The fourth-order valence-electron chi connectivity index (χ4n) is 3.50. The molecule has 0 aliphatic carbocycles. The van der Waals surface area contributed by atoms with Crippen molar-refractivity contribution in [2.45, 2.75) is 40.4 Å². The smallest absolute Gasteiger partial charge is 0.259 e. The fourth-order valence-corrected chi connectivity index (χ4v) is 3.70. The van der Waals surface area contributed by atoms with E-state index in [1.165, 1.54) is 0 Å². The Morgan fingerprint density at radius 1 is 1.20 bits per heavy atom. The molecule has 0 radical (unpaired) electrons. The summed E-state index contributed by atoms with van der Waals surface area (Å²) in [6, 6.07) is 1.88. The molecule has 0 bridgehead atoms. The molecule has 0 fully saturated rings. The number of nitrogens with zero attached hydrogens (tertiary/aromatic N) is 8. The van der Waals surface area contributed by atoms with Crippen LogP contribution >= 0.6 is 11.6 Å². The van der Waals surface area contributed by atoms with Gasteiger partial charge in [0.15, 0.2) is 5.65 Å². The highest BCUT2D eigenvalue weighted by Gasteiger charge is 2.22. The number of rotatable bonds is 6. The van der Waals surface area contributed by atoms with Crippen LogP contribution in [0.15, 0.2) is 30.9 Å². The molecule has 1 amide bonds. The van der Waals surface area contributed by atoms with Gasteiger partial charge in [0.25, 0.3) is 5.91 Å². The van der Waals surface area contributed by atoms with Gasteiger partial charge in [-0.2, -0.15) is 15.3 Å². The first-order chi connectivity index (χ1) is 14.4. The van der Waals surface area contributed by atoms with Gasteiger partial charge in [0.1, 0.15) is 5.56 Å². The second kappa shape index (κ2) is 7.91. The molecular formula is C20H23ClN8O. The molecule has 0 saturated carbocycles. The molecule has 0 aliphatic heterocycles. The molecule has 10 heteroatoms. The van der Waals surface area contributed by atoms with Gasteiger partial charge in [0, 0.05) is 38.1 Å². The second-order valence-electron chi connectivity index (χ2n) is 7.02. The first kappa shape index (κ1) is 20.1. The number of carbonyl (C=O) groups is 1. The van der Waals surface area contributed by atoms with Gasteiger partial charge < -0.3 is 4.90 Å². The molecule has 4 aromatic heterocycles. The van der Waals surface area contributed by atoms with E-state index in [2.05, 4.69) is 20.3 Å². The molecule has 9 nitrogen and oxygen atoms in total. The van der Waals surface area contributed by atoms with E-state index in [-0.39, 0.29) is 5.91 Å². The van der Waals surface area contributed by atoms with Crippen LogP contribution in [0.4, 0.5) is 0 Å². The predicted molar refractivity (Wildman–Crippen MR) is 113 cm³/mol. The Labute approximate surface area is 178 Å². The van der Waals surface area contributed by atoms with Crippen LogP contribution in [0.25, 0.3) is 16.9 Å². The number of halogens is 1. The predicted octanol–water partition coefficient (Wildman–Crippen LogP) is 3.06. The Balaban J connectivity index is 1.69. The molecule has 0 atom stereocenters. The average Bonchev–Trinajstić information content (AvgIpc) is 3.44. The third-order valence-electron chi connectivity index (χ3n) is 5.11. The van der Waals surface area contributed by atoms with Gasteiger partial charge in [-0.1, -0.05) is 11.6 Å². The Hall–Kier alpha value is -3.20. The lowest BCUT2D eigenvalue weighted by molar-refractivity contribution is 0.0783. The summed E-state index contributed by atoms with van der Waals surface area (Å²) < 4.78 is 5.35. The van der Waals surface area contributed by atoms with Gasteiger partial charge in [-0.3, -0.25) is 14.2 Å². The summed E-state index contributed by atoms with van der Waals surface area (Å²) in [7, 11) is 1.73. The lowest BCUT2D eigenvalue weighted by Gasteiger charge is -2.17. The molecular weight excluding hydrogens is 404 g/mol. The topological polar surface area (TPSA) is 86.1 Å². The Kier molecular flexibility index (Phi) is 5.29. The van der Waals surface area contributed by atoms with Crippen LogP contribution in [0.3, 0.4) is 0 Å². The van der Waals surface area contributed by atoms with Crippen molar-refractivity contribution in [3.63, 3.8) is 0 Å². The number of amides is 1. The van der Waals surface area contributed by atoms with Crippen molar-refractivity contribution >= 4 is 23.2 Å². The quantitative estimate of drug-likeness (QED) is 0.473. The summed E-state index contributed by atoms with van der Waals surface area (Å²) in [5, 5.41) is 13.7. The third kappa shape index (κ3) is 3.35. The summed E-state index contributed by atoms with van der Waals surface area (Å²) in [5.74, 6) is -0.185. The van der Waals surface area contributed by atoms with Crippen molar-refractivity contribution in [1.29, 1.82) is 0 Å². The summed E-state index contributed by atoms with van der Waals surface area (Å²) in [5.41, 5.74) is 4.42. The van der Waals surface area contributed by atoms with Crippen LogP contribution in [0.2, 0.25) is 5.02 Å². The fraction of sp³-hybridized carbons (Fsp3) is 0.350. The van der Waals surface area contributed by atoms with Crippen molar-refractivity contribution in [1.82, 2.24) is 39.1 Å². The van der Waals surface area contributed by atoms with Crippen molar-refractivity contribution in [3.8, 4) is 11.3 Å². The molecule has 0 aromatic carbocycles. The maximum absolute atomic E-state index is 13.2. The maximum Gasteiger partial charge on any atom is 0.259 e. The molecule has 30 heavy (non-hydrogen) atoms. The Bertz CT molecular complexity index is 1220. The lowest BCUT2D eigenvalue weighted by atomic mass is 10.2. The van der Waals surface area contributed by atoms with Crippen LogP contribution in [-0.4, -0.2) is 52.0 Å². The highest BCUT2D eigenvalue weighted by molar-refractivity contribution is 6.31. The molecule has 4 aromatic rings. The van der Waals surface area contributed by atoms with E-state index >= 15 is 0 Å². The highest BCUT2D eigenvalue weighted by atomic mass is 35.5. The molecule has 0 spiro atoms. The van der Waals surface area contributed by atoms with Crippen molar-refractivity contribution in [3.05, 3.63) is 52.8 Å². The molecule has 0 aliphatic rings. The number of aryl methyl sites for hydroxylation is 3. The largest absolute Gasteiger partial charge is 0.336 e. The Morgan fingerprint density at radius 2 is 2.00 bits per heavy atom. The highest BCUT2D eigenvalue weighted by Crippen LogP contribution is 2.25. The minimum Gasteiger partial charge on any atom is -0.336 e. The van der Waals surface area contributed by atoms with Crippen molar-refractivity contribution < 1.29 is 4.79 Å². The van der Waals surface area contributed by atoms with Gasteiger partial charge in [-0.25, -0.2) is 9.50 Å². The zero-order chi connectivity index (χ0) is 21.4. The van der Waals surface area contributed by atoms with Crippen LogP contribution < -0.4 is 0 Å². The second-order valence-corrected chi connectivity index (χ2v) is 7.43. The van der Waals surface area contributed by atoms with Crippen LogP contribution in [0.5, 0.6) is 0 Å². The van der Waals surface area contributed by atoms with E-state index in [0.29, 0.717) is 29.3 Å². The van der Waals surface area contributed by atoms with E-state index < -0.39 is 0 Å². The summed E-state index contributed by atoms with van der Waals surface area (Å²) in [6.45, 7) is 7.77. The van der Waals surface area contributed by atoms with Crippen LogP contribution in [0, 0.1) is 6.92 Å². The number of aromatic nitrogens is 7. The minimum absolute atomic E-state index is 0.185. The standard InChI is InChI=1S/C20H23ClN8O/c1-5-27-11-15(13(3)25-27)17-7-8-22-19-14(9-24-29(17)19)20(30)26(4)12-18-16(21)10-23-28(18)6-2/h7-11H,5-6,12H2,1-4H3. The normalized spacial score (nSPS) is 11.4.